The van der Waals surface area contributed by atoms with Crippen LogP contribution in [-0.4, -0.2) is 71.6 Å². The number of rotatable bonds is 8. The van der Waals surface area contributed by atoms with Gasteiger partial charge in [0.05, 0.1) is 6.04 Å². The van der Waals surface area contributed by atoms with Crippen molar-refractivity contribution in [3.63, 3.8) is 0 Å². The van der Waals surface area contributed by atoms with E-state index >= 15 is 0 Å². The van der Waals surface area contributed by atoms with Gasteiger partial charge in [0.25, 0.3) is 0 Å². The summed E-state index contributed by atoms with van der Waals surface area (Å²) in [6.45, 7) is 1.51. The van der Waals surface area contributed by atoms with Crippen molar-refractivity contribution in [1.82, 2.24) is 15.1 Å². The molecule has 0 radical (unpaired) electrons. The number of cyclic esters (lactones) is 1. The van der Waals surface area contributed by atoms with Crippen LogP contribution in [0.4, 0.5) is 4.79 Å². The molecular formula is C26H37ClN4O6. The molecule has 2 heterocycles. The van der Waals surface area contributed by atoms with Crippen molar-refractivity contribution in [2.75, 3.05) is 19.8 Å². The zero-order valence-corrected chi connectivity index (χ0v) is 21.8. The number of hydrogen-bond donors (Lipinski definition) is 2. The summed E-state index contributed by atoms with van der Waals surface area (Å²) in [7, 11) is 0. The van der Waals surface area contributed by atoms with Crippen molar-refractivity contribution >= 4 is 36.3 Å². The van der Waals surface area contributed by atoms with Crippen molar-refractivity contribution in [2.24, 2.45) is 11.7 Å². The number of hydrogen-bond acceptors (Lipinski definition) is 7. The topological polar surface area (TPSA) is 131 Å². The van der Waals surface area contributed by atoms with E-state index in [0.29, 0.717) is 0 Å². The highest BCUT2D eigenvalue weighted by atomic mass is 35.5. The fourth-order valence-electron chi connectivity index (χ4n) is 5.24. The molecule has 10 nitrogen and oxygen atoms in total. The van der Waals surface area contributed by atoms with Gasteiger partial charge in [-0.05, 0) is 56.4 Å². The number of nitrogens with one attached hydrogen (secondary N) is 1. The van der Waals surface area contributed by atoms with Crippen LogP contribution in [0.25, 0.3) is 0 Å². The van der Waals surface area contributed by atoms with Gasteiger partial charge in [0.1, 0.15) is 12.6 Å². The summed E-state index contributed by atoms with van der Waals surface area (Å²) < 4.78 is 10.3. The summed E-state index contributed by atoms with van der Waals surface area (Å²) in [5, 5.41) is 3.03. The first-order valence-electron chi connectivity index (χ1n) is 12.9. The second kappa shape index (κ2) is 13.6. The highest BCUT2D eigenvalue weighted by Crippen LogP contribution is 2.28. The smallest absolute Gasteiger partial charge is 0.413 e. The lowest BCUT2D eigenvalue weighted by molar-refractivity contribution is -0.139. The van der Waals surface area contributed by atoms with E-state index in [-0.39, 0.29) is 62.4 Å². The number of nitrogens with two attached hydrogens (primary N) is 1. The first-order chi connectivity index (χ1) is 17.4. The molecule has 1 aromatic carbocycles. The average Bonchev–Trinajstić information content (AvgIpc) is 3.56. The van der Waals surface area contributed by atoms with Crippen LogP contribution in [-0.2, 0) is 30.5 Å². The number of likely N-dealkylation sites (tertiary alicyclic amines) is 1. The lowest BCUT2D eigenvalue weighted by Crippen LogP contribution is -2.49. The van der Waals surface area contributed by atoms with Crippen LogP contribution in [0.1, 0.15) is 56.9 Å². The van der Waals surface area contributed by atoms with E-state index in [1.54, 1.807) is 0 Å². The van der Waals surface area contributed by atoms with Gasteiger partial charge in [-0.25, -0.2) is 9.59 Å². The molecule has 11 heteroatoms. The molecule has 3 N–H and O–H groups in total. The monoisotopic (exact) mass is 536 g/mol. The number of carbonyl (C=O) groups excluding carboxylic acids is 4. The maximum Gasteiger partial charge on any atom is 0.413 e. The fraction of sp³-hybridized carbons (Fsp3) is 0.615. The van der Waals surface area contributed by atoms with Gasteiger partial charge in [0.15, 0.2) is 6.73 Å². The second-order valence-corrected chi connectivity index (χ2v) is 9.89. The highest BCUT2D eigenvalue weighted by Gasteiger charge is 2.39. The number of carbonyl (C=O) groups is 4. The van der Waals surface area contributed by atoms with Gasteiger partial charge in [-0.1, -0.05) is 30.3 Å². The molecule has 2 atom stereocenters. The summed E-state index contributed by atoms with van der Waals surface area (Å²) >= 11 is 0. The third-order valence-corrected chi connectivity index (χ3v) is 7.43. The van der Waals surface area contributed by atoms with E-state index in [9.17, 15) is 19.2 Å². The van der Waals surface area contributed by atoms with Crippen LogP contribution in [0.15, 0.2) is 30.3 Å². The van der Waals surface area contributed by atoms with Gasteiger partial charge in [-0.3, -0.25) is 14.5 Å². The third kappa shape index (κ3) is 7.58. The lowest BCUT2D eigenvalue weighted by Gasteiger charge is -2.33. The van der Waals surface area contributed by atoms with Gasteiger partial charge in [0.2, 0.25) is 11.8 Å². The van der Waals surface area contributed by atoms with E-state index in [0.717, 1.165) is 57.2 Å². The van der Waals surface area contributed by atoms with Gasteiger partial charge >= 0.3 is 12.1 Å². The Morgan fingerprint density at radius 3 is 2.43 bits per heavy atom. The summed E-state index contributed by atoms with van der Waals surface area (Å²) in [4.78, 5) is 52.9. The van der Waals surface area contributed by atoms with E-state index in [1.165, 1.54) is 4.90 Å². The Kier molecular flexibility index (Phi) is 10.6. The van der Waals surface area contributed by atoms with Crippen molar-refractivity contribution in [1.29, 1.82) is 0 Å². The van der Waals surface area contributed by atoms with E-state index < -0.39 is 24.1 Å². The van der Waals surface area contributed by atoms with Gasteiger partial charge in [-0.15, -0.1) is 12.4 Å². The molecule has 37 heavy (non-hydrogen) atoms. The molecule has 0 unspecified atom stereocenters. The zero-order chi connectivity index (χ0) is 25.5. The predicted octanol–water partition coefficient (Wildman–Crippen LogP) is 2.33. The molecule has 2 saturated heterocycles. The van der Waals surface area contributed by atoms with Crippen molar-refractivity contribution in [2.45, 2.75) is 76.1 Å². The molecule has 1 aliphatic carbocycles. The quantitative estimate of drug-likeness (QED) is 0.487. The third-order valence-electron chi connectivity index (χ3n) is 7.43. The molecule has 0 bridgehead atoms. The average molecular weight is 537 g/mol. The molecule has 3 amide bonds. The summed E-state index contributed by atoms with van der Waals surface area (Å²) in [6.07, 6.45) is 4.81. The lowest BCUT2D eigenvalue weighted by atomic mass is 9.81. The molecule has 204 valence electrons. The minimum Gasteiger partial charge on any atom is -0.444 e. The Labute approximate surface area is 223 Å². The van der Waals surface area contributed by atoms with Crippen LogP contribution in [0, 0.1) is 5.92 Å². The molecule has 1 aromatic rings. The van der Waals surface area contributed by atoms with E-state index in [4.69, 9.17) is 15.2 Å². The maximum atomic E-state index is 12.6. The van der Waals surface area contributed by atoms with Crippen molar-refractivity contribution in [3.8, 4) is 0 Å². The Morgan fingerprint density at radius 2 is 1.76 bits per heavy atom. The number of nitrogens with zero attached hydrogens (tertiary/aromatic N) is 2. The highest BCUT2D eigenvalue weighted by molar-refractivity contribution is 5.85. The number of esters is 1. The van der Waals surface area contributed by atoms with Crippen LogP contribution in [0.5, 0.6) is 0 Å². The molecule has 0 spiro atoms. The maximum absolute atomic E-state index is 12.6. The van der Waals surface area contributed by atoms with Crippen molar-refractivity contribution < 1.29 is 28.7 Å². The Morgan fingerprint density at radius 1 is 1.08 bits per heavy atom. The largest absolute Gasteiger partial charge is 0.444 e. The van der Waals surface area contributed by atoms with Crippen LogP contribution < -0.4 is 11.1 Å². The molecule has 3 fully saturated rings. The molecule has 3 aliphatic rings. The number of halogens is 1. The first-order valence-corrected chi connectivity index (χ1v) is 12.9. The summed E-state index contributed by atoms with van der Waals surface area (Å²) in [5.74, 6) is -0.518. The van der Waals surface area contributed by atoms with Crippen molar-refractivity contribution in [3.05, 3.63) is 35.9 Å². The minimum atomic E-state index is -0.843. The molecule has 4 rings (SSSR count). The fourth-order valence-corrected chi connectivity index (χ4v) is 5.24. The molecule has 0 aromatic heterocycles. The van der Waals surface area contributed by atoms with E-state index in [2.05, 4.69) is 5.32 Å². The summed E-state index contributed by atoms with van der Waals surface area (Å²) in [6, 6.07) is 7.96. The number of benzene rings is 1. The Hall–Kier alpha value is -2.85. The Bertz CT molecular complexity index is 934. The number of ether oxygens (including phenoxy) is 2. The molecule has 2 aliphatic heterocycles. The van der Waals surface area contributed by atoms with E-state index in [1.807, 2.05) is 35.2 Å². The minimum absolute atomic E-state index is 0. The Balaban J connectivity index is 0.00000380. The molecular weight excluding hydrogens is 500 g/mol. The van der Waals surface area contributed by atoms with Gasteiger partial charge in [0, 0.05) is 25.6 Å². The normalized spacial score (nSPS) is 24.1. The van der Waals surface area contributed by atoms with Gasteiger partial charge in [-0.2, -0.15) is 0 Å². The second-order valence-electron chi connectivity index (χ2n) is 9.89. The predicted molar refractivity (Wildman–Crippen MR) is 137 cm³/mol. The van der Waals surface area contributed by atoms with Crippen LogP contribution in [0.2, 0.25) is 0 Å². The zero-order valence-electron chi connectivity index (χ0n) is 21.0. The SMILES string of the molecule is Cl.N[C@H](C(=O)N1CCCC1)[C@H]1CC[C@@H](NC(=O)CC[C@H]2C(=O)OCN2C(=O)OCc2ccccc2)CC1. The van der Waals surface area contributed by atoms with Crippen LogP contribution in [0.3, 0.4) is 0 Å². The number of amides is 3. The van der Waals surface area contributed by atoms with Crippen LogP contribution >= 0.6 is 12.4 Å². The standard InChI is InChI=1S/C26H36N4O6.ClH/c27-23(24(32)29-14-4-5-15-29)19-8-10-20(11-9-19)28-22(31)13-12-21-25(33)36-17-30(21)26(34)35-16-18-6-2-1-3-7-18;/h1-3,6-7,19-21,23H,4-5,8-17,27H2,(H,28,31);1H/t19-,20+,21-,23-;/m0./s1. The first kappa shape index (κ1) is 28.7. The molecule has 1 saturated carbocycles. The van der Waals surface area contributed by atoms with Gasteiger partial charge < -0.3 is 25.4 Å². The summed E-state index contributed by atoms with van der Waals surface area (Å²) in [5.41, 5.74) is 7.11.